The lowest BCUT2D eigenvalue weighted by atomic mass is 10.4. The van der Waals surface area contributed by atoms with Crippen LogP contribution in [0.2, 0.25) is 0 Å². The molecule has 0 aliphatic heterocycles. The summed E-state index contributed by atoms with van der Waals surface area (Å²) in [6.07, 6.45) is 8.33. The summed E-state index contributed by atoms with van der Waals surface area (Å²) in [7, 11) is 1.69. The van der Waals surface area contributed by atoms with Crippen molar-refractivity contribution in [2.24, 2.45) is 9.98 Å². The summed E-state index contributed by atoms with van der Waals surface area (Å²) in [5.74, 6) is 0. The van der Waals surface area contributed by atoms with Crippen molar-refractivity contribution in [3.8, 4) is 0 Å². The largest absolute Gasteiger partial charge is 0.294 e. The predicted molar refractivity (Wildman–Crippen MR) is 51.4 cm³/mol. The van der Waals surface area contributed by atoms with E-state index in [0.29, 0.717) is 0 Å². The predicted octanol–water partition coefficient (Wildman–Crippen LogP) is 2.01. The van der Waals surface area contributed by atoms with E-state index in [1.54, 1.807) is 37.7 Å². The standard InChI is InChI=1S/C9H12N2/c1-4-6-7-11-9(5-2)8-10-3/h4-8H,1-2H2,3H3/b7-6-,10-8+,11-9+. The molecule has 0 radical (unpaired) electrons. The van der Waals surface area contributed by atoms with Gasteiger partial charge in [-0.1, -0.05) is 19.2 Å². The molecule has 0 aliphatic carbocycles. The van der Waals surface area contributed by atoms with Crippen LogP contribution in [0.5, 0.6) is 0 Å². The Morgan fingerprint density at radius 3 is 2.55 bits per heavy atom. The monoisotopic (exact) mass is 148 g/mol. The van der Waals surface area contributed by atoms with Crippen LogP contribution in [-0.2, 0) is 0 Å². The van der Waals surface area contributed by atoms with E-state index in [9.17, 15) is 0 Å². The highest BCUT2D eigenvalue weighted by molar-refractivity contribution is 6.35. The summed E-state index contributed by atoms with van der Waals surface area (Å²) < 4.78 is 0. The van der Waals surface area contributed by atoms with Crippen LogP contribution in [0, 0.1) is 0 Å². The summed E-state index contributed by atoms with van der Waals surface area (Å²) in [6, 6.07) is 0. The Labute approximate surface area is 67.4 Å². The normalized spacial score (nSPS) is 12.6. The Balaban J connectivity index is 4.22. The molecule has 0 atom stereocenters. The third-order valence-electron chi connectivity index (χ3n) is 0.916. The lowest BCUT2D eigenvalue weighted by Crippen LogP contribution is -1.92. The van der Waals surface area contributed by atoms with E-state index in [0.717, 1.165) is 5.71 Å². The second-order valence-corrected chi connectivity index (χ2v) is 1.72. The molecular formula is C9H12N2. The Hall–Kier alpha value is -1.44. The zero-order chi connectivity index (χ0) is 8.53. The maximum absolute atomic E-state index is 4.02. The molecule has 0 spiro atoms. The van der Waals surface area contributed by atoms with Crippen molar-refractivity contribution in [3.63, 3.8) is 0 Å². The minimum atomic E-state index is 0.741. The van der Waals surface area contributed by atoms with Crippen molar-refractivity contribution in [2.75, 3.05) is 7.05 Å². The molecule has 0 saturated heterocycles. The van der Waals surface area contributed by atoms with Crippen LogP contribution >= 0.6 is 0 Å². The van der Waals surface area contributed by atoms with Gasteiger partial charge in [0.05, 0.1) is 5.71 Å². The molecule has 0 N–H and O–H groups in total. The molecule has 0 bridgehead atoms. The molecule has 2 nitrogen and oxygen atoms in total. The van der Waals surface area contributed by atoms with E-state index in [2.05, 4.69) is 23.1 Å². The number of hydrogen-bond donors (Lipinski definition) is 0. The molecule has 11 heavy (non-hydrogen) atoms. The van der Waals surface area contributed by atoms with Gasteiger partial charge in [0, 0.05) is 19.5 Å². The van der Waals surface area contributed by atoms with Gasteiger partial charge in [-0.05, 0) is 12.2 Å². The summed E-state index contributed by atoms with van der Waals surface area (Å²) in [5, 5.41) is 0. The van der Waals surface area contributed by atoms with Gasteiger partial charge < -0.3 is 0 Å². The van der Waals surface area contributed by atoms with Gasteiger partial charge in [0.15, 0.2) is 0 Å². The summed E-state index contributed by atoms with van der Waals surface area (Å²) in [4.78, 5) is 7.82. The lowest BCUT2D eigenvalue weighted by Gasteiger charge is -1.85. The van der Waals surface area contributed by atoms with Crippen LogP contribution in [0.25, 0.3) is 0 Å². The molecule has 0 amide bonds. The summed E-state index contributed by atoms with van der Waals surface area (Å²) in [5.41, 5.74) is 0.741. The molecule has 0 unspecified atom stereocenters. The molecule has 2 heteroatoms. The first kappa shape index (κ1) is 9.56. The number of aliphatic imine (C=N–C) groups is 2. The topological polar surface area (TPSA) is 24.7 Å². The van der Waals surface area contributed by atoms with E-state index < -0.39 is 0 Å². The highest BCUT2D eigenvalue weighted by Gasteiger charge is 1.80. The van der Waals surface area contributed by atoms with Gasteiger partial charge in [0.25, 0.3) is 0 Å². The number of rotatable bonds is 4. The van der Waals surface area contributed by atoms with Crippen molar-refractivity contribution in [2.45, 2.75) is 0 Å². The van der Waals surface area contributed by atoms with E-state index in [1.807, 2.05) is 0 Å². The fourth-order valence-corrected chi connectivity index (χ4v) is 0.461. The molecule has 0 fully saturated rings. The first-order valence-electron chi connectivity index (χ1n) is 3.25. The van der Waals surface area contributed by atoms with Crippen LogP contribution in [-0.4, -0.2) is 19.0 Å². The molecular weight excluding hydrogens is 136 g/mol. The molecule has 58 valence electrons. The Kier molecular flexibility index (Phi) is 5.80. The van der Waals surface area contributed by atoms with Gasteiger partial charge in [-0.25, -0.2) is 0 Å². The maximum atomic E-state index is 4.02. The summed E-state index contributed by atoms with van der Waals surface area (Å²) >= 11 is 0. The van der Waals surface area contributed by atoms with Crippen LogP contribution in [0.3, 0.4) is 0 Å². The molecule has 0 aromatic carbocycles. The van der Waals surface area contributed by atoms with Gasteiger partial charge >= 0.3 is 0 Å². The third kappa shape index (κ3) is 5.03. The average Bonchev–Trinajstić information content (AvgIpc) is 2.03. The first-order valence-corrected chi connectivity index (χ1v) is 3.25. The summed E-state index contributed by atoms with van der Waals surface area (Å²) in [6.45, 7) is 7.09. The number of allylic oxidation sites excluding steroid dienone is 3. The quantitative estimate of drug-likeness (QED) is 0.430. The SMILES string of the molecule is C=C\C=C/N=C(C=C)/C=N/C. The average molecular weight is 148 g/mol. The van der Waals surface area contributed by atoms with Crippen LogP contribution in [0.15, 0.2) is 47.6 Å². The third-order valence-corrected chi connectivity index (χ3v) is 0.916. The molecule has 0 aliphatic rings. The molecule has 0 rings (SSSR count). The van der Waals surface area contributed by atoms with Crippen molar-refractivity contribution >= 4 is 11.9 Å². The van der Waals surface area contributed by atoms with Crippen molar-refractivity contribution < 1.29 is 0 Å². The fraction of sp³-hybridized carbons (Fsp3) is 0.111. The van der Waals surface area contributed by atoms with E-state index in [4.69, 9.17) is 0 Å². The van der Waals surface area contributed by atoms with Gasteiger partial charge in [-0.3, -0.25) is 9.98 Å². The van der Waals surface area contributed by atoms with Gasteiger partial charge in [0.2, 0.25) is 0 Å². The van der Waals surface area contributed by atoms with Crippen molar-refractivity contribution in [1.82, 2.24) is 0 Å². The second-order valence-electron chi connectivity index (χ2n) is 1.72. The Morgan fingerprint density at radius 2 is 2.09 bits per heavy atom. The first-order chi connectivity index (χ1) is 5.35. The Bertz CT molecular complexity index is 210. The van der Waals surface area contributed by atoms with Crippen molar-refractivity contribution in [1.29, 1.82) is 0 Å². The molecule has 0 saturated carbocycles. The van der Waals surface area contributed by atoms with E-state index in [-0.39, 0.29) is 0 Å². The van der Waals surface area contributed by atoms with Crippen LogP contribution < -0.4 is 0 Å². The van der Waals surface area contributed by atoms with Gasteiger partial charge in [-0.15, -0.1) is 0 Å². The zero-order valence-electron chi connectivity index (χ0n) is 6.70. The highest BCUT2D eigenvalue weighted by atomic mass is 14.7. The van der Waals surface area contributed by atoms with Crippen LogP contribution in [0.4, 0.5) is 0 Å². The molecule has 0 aromatic rings. The molecule has 0 aromatic heterocycles. The number of nitrogens with zero attached hydrogens (tertiary/aromatic N) is 2. The zero-order valence-corrected chi connectivity index (χ0v) is 6.70. The fourth-order valence-electron chi connectivity index (χ4n) is 0.461. The number of hydrogen-bond acceptors (Lipinski definition) is 2. The second kappa shape index (κ2) is 6.68. The minimum absolute atomic E-state index is 0.741. The molecule has 0 heterocycles. The highest BCUT2D eigenvalue weighted by Crippen LogP contribution is 1.81. The van der Waals surface area contributed by atoms with E-state index in [1.165, 1.54) is 0 Å². The van der Waals surface area contributed by atoms with Crippen molar-refractivity contribution in [3.05, 3.63) is 37.6 Å². The maximum Gasteiger partial charge on any atom is 0.0801 e. The minimum Gasteiger partial charge on any atom is -0.294 e. The van der Waals surface area contributed by atoms with E-state index >= 15 is 0 Å². The van der Waals surface area contributed by atoms with Gasteiger partial charge in [-0.2, -0.15) is 0 Å². The van der Waals surface area contributed by atoms with Crippen LogP contribution in [0.1, 0.15) is 0 Å². The Morgan fingerprint density at radius 1 is 1.36 bits per heavy atom. The smallest absolute Gasteiger partial charge is 0.0801 e. The lowest BCUT2D eigenvalue weighted by molar-refractivity contribution is 1.47. The van der Waals surface area contributed by atoms with Gasteiger partial charge in [0.1, 0.15) is 0 Å².